The third kappa shape index (κ3) is 6.05. The summed E-state index contributed by atoms with van der Waals surface area (Å²) < 4.78 is 7.32. The normalized spacial score (nSPS) is 16.7. The number of aromatic nitrogens is 4. The molecule has 0 radical (unpaired) electrons. The van der Waals surface area contributed by atoms with Crippen LogP contribution in [0, 0.1) is 6.92 Å². The fourth-order valence-electron chi connectivity index (χ4n) is 6.94. The van der Waals surface area contributed by atoms with Crippen molar-refractivity contribution in [2.75, 3.05) is 13.7 Å². The summed E-state index contributed by atoms with van der Waals surface area (Å²) in [5.41, 5.74) is 3.66. The van der Waals surface area contributed by atoms with Gasteiger partial charge < -0.3 is 9.64 Å². The van der Waals surface area contributed by atoms with Crippen LogP contribution < -0.4 is 4.74 Å². The monoisotopic (exact) mass is 597 g/mol. The average Bonchev–Trinajstić information content (AvgIpc) is 3.73. The smallest absolute Gasteiger partial charge is 0.233 e. The Bertz CT molecular complexity index is 1540. The van der Waals surface area contributed by atoms with Crippen LogP contribution >= 0.6 is 11.6 Å². The lowest BCUT2D eigenvalue weighted by Gasteiger charge is -2.42. The molecule has 4 aromatic rings. The number of amides is 1. The molecule has 2 aromatic heterocycles. The van der Waals surface area contributed by atoms with Crippen LogP contribution in [0.1, 0.15) is 68.9 Å². The predicted octanol–water partition coefficient (Wildman–Crippen LogP) is 7.65. The predicted molar refractivity (Wildman–Crippen MR) is 170 cm³/mol. The summed E-state index contributed by atoms with van der Waals surface area (Å²) in [6.07, 6.45) is 13.1. The first-order chi connectivity index (χ1) is 21.0. The van der Waals surface area contributed by atoms with Crippen LogP contribution in [0.15, 0.2) is 67.0 Å². The highest BCUT2D eigenvalue weighted by Crippen LogP contribution is 2.42. The molecule has 0 N–H and O–H groups in total. The van der Waals surface area contributed by atoms with Crippen molar-refractivity contribution in [1.29, 1.82) is 0 Å². The van der Waals surface area contributed by atoms with Gasteiger partial charge in [0.05, 0.1) is 24.1 Å². The van der Waals surface area contributed by atoms with E-state index in [1.807, 2.05) is 35.0 Å². The van der Waals surface area contributed by atoms with Gasteiger partial charge in [-0.15, -0.1) is 0 Å². The number of halogens is 1. The molecule has 0 spiro atoms. The van der Waals surface area contributed by atoms with Crippen molar-refractivity contribution < 1.29 is 9.53 Å². The molecule has 0 atom stereocenters. The summed E-state index contributed by atoms with van der Waals surface area (Å²) in [7, 11) is 1.61. The summed E-state index contributed by atoms with van der Waals surface area (Å²) >= 11 is 6.54. The highest BCUT2D eigenvalue weighted by atomic mass is 35.5. The number of hydrogen-bond donors (Lipinski definition) is 0. The molecule has 8 heteroatoms. The Morgan fingerprint density at radius 1 is 0.977 bits per heavy atom. The molecule has 2 heterocycles. The van der Waals surface area contributed by atoms with Gasteiger partial charge in [0.15, 0.2) is 11.6 Å². The number of pyridine rings is 1. The van der Waals surface area contributed by atoms with Crippen molar-refractivity contribution in [3.05, 3.63) is 83.1 Å². The van der Waals surface area contributed by atoms with Crippen molar-refractivity contribution in [3.8, 4) is 28.5 Å². The van der Waals surface area contributed by atoms with Gasteiger partial charge in [-0.25, -0.2) is 9.67 Å². The number of rotatable bonds is 9. The summed E-state index contributed by atoms with van der Waals surface area (Å²) in [5, 5.41) is 5.46. The van der Waals surface area contributed by atoms with Crippen molar-refractivity contribution in [2.24, 2.45) is 0 Å². The highest BCUT2D eigenvalue weighted by Gasteiger charge is 2.45. The Balaban J connectivity index is 1.36. The van der Waals surface area contributed by atoms with E-state index in [1.165, 1.54) is 17.5 Å². The van der Waals surface area contributed by atoms with E-state index in [0.29, 0.717) is 35.5 Å². The lowest BCUT2D eigenvalue weighted by atomic mass is 9.68. The van der Waals surface area contributed by atoms with E-state index in [4.69, 9.17) is 26.4 Å². The SMILES string of the molecule is COc1ccc(-c2nc(-c3ccncc3)nn2CCN(C(=O)C2(c3ccc(C)cc3)CCCCC2)C2CCCC2)cc1Cl. The van der Waals surface area contributed by atoms with Crippen molar-refractivity contribution >= 4 is 17.5 Å². The molecular formula is C35H40ClN5O2. The van der Waals surface area contributed by atoms with E-state index < -0.39 is 5.41 Å². The van der Waals surface area contributed by atoms with Crippen LogP contribution in [0.5, 0.6) is 5.75 Å². The molecule has 2 aliphatic rings. The van der Waals surface area contributed by atoms with Crippen molar-refractivity contribution in [1.82, 2.24) is 24.6 Å². The summed E-state index contributed by atoms with van der Waals surface area (Å²) in [5.74, 6) is 2.22. The zero-order valence-electron chi connectivity index (χ0n) is 25.1. The largest absolute Gasteiger partial charge is 0.495 e. The Kier molecular flexibility index (Phi) is 8.80. The van der Waals surface area contributed by atoms with E-state index in [9.17, 15) is 4.79 Å². The van der Waals surface area contributed by atoms with E-state index >= 15 is 0 Å². The van der Waals surface area contributed by atoms with Gasteiger partial charge in [0.1, 0.15) is 5.75 Å². The van der Waals surface area contributed by atoms with Gasteiger partial charge in [-0.3, -0.25) is 9.78 Å². The number of carbonyl (C=O) groups excluding carboxylic acids is 1. The van der Waals surface area contributed by atoms with E-state index in [2.05, 4.69) is 41.1 Å². The van der Waals surface area contributed by atoms with Gasteiger partial charge >= 0.3 is 0 Å². The van der Waals surface area contributed by atoms with Crippen LogP contribution in [0.25, 0.3) is 22.8 Å². The maximum Gasteiger partial charge on any atom is 0.233 e. The maximum absolute atomic E-state index is 14.9. The molecule has 0 aliphatic heterocycles. The van der Waals surface area contributed by atoms with Gasteiger partial charge in [-0.05, 0) is 68.5 Å². The van der Waals surface area contributed by atoms with Crippen molar-refractivity contribution in [2.45, 2.75) is 82.7 Å². The third-order valence-electron chi connectivity index (χ3n) is 9.32. The zero-order chi connectivity index (χ0) is 29.8. The minimum absolute atomic E-state index is 0.249. The fourth-order valence-corrected chi connectivity index (χ4v) is 7.20. The topological polar surface area (TPSA) is 73.1 Å². The van der Waals surface area contributed by atoms with Gasteiger partial charge in [0.2, 0.25) is 5.91 Å². The lowest BCUT2D eigenvalue weighted by molar-refractivity contribution is -0.141. The minimum atomic E-state index is -0.467. The van der Waals surface area contributed by atoms with Crippen LogP contribution in [0.2, 0.25) is 5.02 Å². The van der Waals surface area contributed by atoms with E-state index in [1.54, 1.807) is 19.5 Å². The fraction of sp³-hybridized carbons (Fsp3) is 0.429. The zero-order valence-corrected chi connectivity index (χ0v) is 25.9. The number of hydrogen-bond acceptors (Lipinski definition) is 5. The number of ether oxygens (including phenoxy) is 1. The molecule has 1 amide bonds. The summed E-state index contributed by atoms with van der Waals surface area (Å²) in [4.78, 5) is 26.2. The van der Waals surface area contributed by atoms with Crippen LogP contribution in [0.3, 0.4) is 0 Å². The Morgan fingerprint density at radius 2 is 1.70 bits per heavy atom. The molecule has 2 aromatic carbocycles. The third-order valence-corrected chi connectivity index (χ3v) is 9.62. The van der Waals surface area contributed by atoms with Crippen molar-refractivity contribution in [3.63, 3.8) is 0 Å². The molecule has 7 nitrogen and oxygen atoms in total. The molecule has 0 unspecified atom stereocenters. The molecular weight excluding hydrogens is 558 g/mol. The molecule has 0 bridgehead atoms. The number of nitrogens with zero attached hydrogens (tertiary/aromatic N) is 5. The molecule has 2 aliphatic carbocycles. The summed E-state index contributed by atoms with van der Waals surface area (Å²) in [6, 6.07) is 18.4. The number of carbonyl (C=O) groups is 1. The van der Waals surface area contributed by atoms with Crippen LogP contribution in [-0.4, -0.2) is 50.3 Å². The molecule has 2 fully saturated rings. The maximum atomic E-state index is 14.9. The minimum Gasteiger partial charge on any atom is -0.495 e. The van der Waals surface area contributed by atoms with Gasteiger partial charge in [-0.1, -0.05) is 73.5 Å². The molecule has 6 rings (SSSR count). The number of aryl methyl sites for hydroxylation is 1. The molecule has 43 heavy (non-hydrogen) atoms. The first-order valence-corrected chi connectivity index (χ1v) is 15.9. The second-order valence-electron chi connectivity index (χ2n) is 12.0. The second-order valence-corrected chi connectivity index (χ2v) is 12.4. The first-order valence-electron chi connectivity index (χ1n) is 15.6. The van der Waals surface area contributed by atoms with Gasteiger partial charge in [0.25, 0.3) is 0 Å². The van der Waals surface area contributed by atoms with Crippen LogP contribution in [-0.2, 0) is 16.8 Å². The Hall–Kier alpha value is -3.71. The quantitative estimate of drug-likeness (QED) is 0.198. The summed E-state index contributed by atoms with van der Waals surface area (Å²) in [6.45, 7) is 3.21. The Labute approximate surface area is 259 Å². The number of methoxy groups -OCH3 is 1. The van der Waals surface area contributed by atoms with E-state index in [-0.39, 0.29) is 11.9 Å². The Morgan fingerprint density at radius 3 is 2.37 bits per heavy atom. The van der Waals surface area contributed by atoms with Gasteiger partial charge in [0, 0.05) is 36.1 Å². The van der Waals surface area contributed by atoms with Gasteiger partial charge in [-0.2, -0.15) is 5.10 Å². The molecule has 2 saturated carbocycles. The number of benzene rings is 2. The first kappa shape index (κ1) is 29.4. The second kappa shape index (κ2) is 12.9. The molecule has 0 saturated heterocycles. The lowest BCUT2D eigenvalue weighted by Crippen LogP contribution is -2.52. The average molecular weight is 598 g/mol. The van der Waals surface area contributed by atoms with Crippen LogP contribution in [0.4, 0.5) is 0 Å². The van der Waals surface area contributed by atoms with E-state index in [0.717, 1.165) is 62.5 Å². The standard InChI is InChI=1S/C35H40ClN5O2/c1-25-10-13-28(14-11-25)35(18-6-3-7-19-35)34(42)40(29-8-4-5-9-29)22-23-41-33(27-12-15-31(43-2)30(36)24-27)38-32(39-41)26-16-20-37-21-17-26/h10-17,20-21,24,29H,3-9,18-19,22-23H2,1-2H3. The molecule has 224 valence electrons. The highest BCUT2D eigenvalue weighted by molar-refractivity contribution is 6.32.